The van der Waals surface area contributed by atoms with Gasteiger partial charge in [-0.1, -0.05) is 20.8 Å². The zero-order valence-electron chi connectivity index (χ0n) is 15.8. The Morgan fingerprint density at radius 2 is 2.12 bits per heavy atom. The second kappa shape index (κ2) is 7.12. The van der Waals surface area contributed by atoms with Crippen molar-refractivity contribution in [2.75, 3.05) is 19.7 Å². The summed E-state index contributed by atoms with van der Waals surface area (Å²) in [5.74, 6) is 0.305. The number of carbonyl (C=O) groups excluding carboxylic acids is 1. The van der Waals surface area contributed by atoms with E-state index >= 15 is 0 Å². The number of aromatic nitrogens is 3. The van der Waals surface area contributed by atoms with Crippen LogP contribution in [0.1, 0.15) is 69.1 Å². The van der Waals surface area contributed by atoms with Gasteiger partial charge in [0.2, 0.25) is 0 Å². The number of hydrogen-bond acceptors (Lipinski definition) is 4. The number of rotatable bonds is 4. The van der Waals surface area contributed by atoms with E-state index < -0.39 is 0 Å². The smallest absolute Gasteiger partial charge is 0.254 e. The molecule has 25 heavy (non-hydrogen) atoms. The molecule has 0 aliphatic carbocycles. The summed E-state index contributed by atoms with van der Waals surface area (Å²) < 4.78 is 7.60. The van der Waals surface area contributed by atoms with Crippen molar-refractivity contribution in [3.8, 4) is 0 Å². The van der Waals surface area contributed by atoms with Crippen LogP contribution in [-0.2, 0) is 4.74 Å². The molecule has 2 aromatic rings. The molecule has 6 nitrogen and oxygen atoms in total. The third-order valence-corrected chi connectivity index (χ3v) is 4.78. The van der Waals surface area contributed by atoms with Crippen LogP contribution in [0.3, 0.4) is 0 Å². The number of fused-ring (bicyclic) bond motifs is 1. The third kappa shape index (κ3) is 3.40. The molecule has 0 aromatic carbocycles. The Morgan fingerprint density at radius 1 is 1.36 bits per heavy atom. The molecule has 136 valence electrons. The van der Waals surface area contributed by atoms with Gasteiger partial charge in [0, 0.05) is 24.8 Å². The van der Waals surface area contributed by atoms with E-state index in [1.165, 1.54) is 0 Å². The van der Waals surface area contributed by atoms with Crippen molar-refractivity contribution in [2.45, 2.75) is 59.1 Å². The van der Waals surface area contributed by atoms with E-state index in [-0.39, 0.29) is 24.0 Å². The highest BCUT2D eigenvalue weighted by Crippen LogP contribution is 2.26. The van der Waals surface area contributed by atoms with E-state index in [4.69, 9.17) is 9.72 Å². The third-order valence-electron chi connectivity index (χ3n) is 4.78. The molecule has 1 amide bonds. The van der Waals surface area contributed by atoms with Gasteiger partial charge in [0.15, 0.2) is 5.65 Å². The summed E-state index contributed by atoms with van der Waals surface area (Å²) in [7, 11) is 0. The minimum absolute atomic E-state index is 0.0550. The van der Waals surface area contributed by atoms with Gasteiger partial charge in [0.05, 0.1) is 29.9 Å². The number of amides is 1. The first kappa shape index (κ1) is 17.9. The lowest BCUT2D eigenvalue weighted by molar-refractivity contribution is -0.0225. The molecule has 2 aromatic heterocycles. The van der Waals surface area contributed by atoms with Gasteiger partial charge in [-0.25, -0.2) is 9.67 Å². The van der Waals surface area contributed by atoms with Crippen LogP contribution in [0.5, 0.6) is 0 Å². The maximum Gasteiger partial charge on any atom is 0.254 e. The fourth-order valence-electron chi connectivity index (χ4n) is 3.21. The molecule has 0 radical (unpaired) electrons. The van der Waals surface area contributed by atoms with Crippen LogP contribution in [0.15, 0.2) is 12.3 Å². The lowest BCUT2D eigenvalue weighted by Crippen LogP contribution is -2.45. The monoisotopic (exact) mass is 344 g/mol. The second-order valence-corrected chi connectivity index (χ2v) is 7.32. The first-order valence-electron chi connectivity index (χ1n) is 9.21. The Hall–Kier alpha value is -1.95. The average Bonchev–Trinajstić information content (AvgIpc) is 3.04. The zero-order valence-corrected chi connectivity index (χ0v) is 15.8. The molecule has 3 rings (SSSR count). The molecule has 1 fully saturated rings. The Labute approximate surface area is 149 Å². The van der Waals surface area contributed by atoms with Crippen LogP contribution in [0, 0.1) is 0 Å². The number of carbonyl (C=O) groups is 1. The van der Waals surface area contributed by atoms with Crippen molar-refractivity contribution in [3.63, 3.8) is 0 Å². The average molecular weight is 344 g/mol. The maximum atomic E-state index is 13.2. The Bertz CT molecular complexity index is 766. The summed E-state index contributed by atoms with van der Waals surface area (Å²) in [5, 5.41) is 5.31. The van der Waals surface area contributed by atoms with Gasteiger partial charge in [-0.05, 0) is 32.3 Å². The van der Waals surface area contributed by atoms with Gasteiger partial charge in [0.1, 0.15) is 0 Å². The highest BCUT2D eigenvalue weighted by Gasteiger charge is 2.27. The number of nitrogens with zero attached hydrogens (tertiary/aromatic N) is 4. The SMILES string of the molecule is CCC1CN(C(=O)c2cc(C(C)C)nc3c2cnn3C(C)C)CCO1. The summed E-state index contributed by atoms with van der Waals surface area (Å²) >= 11 is 0. The fourth-order valence-corrected chi connectivity index (χ4v) is 3.21. The molecular formula is C19H28N4O2. The van der Waals surface area contributed by atoms with Crippen molar-refractivity contribution < 1.29 is 9.53 Å². The maximum absolute atomic E-state index is 13.2. The van der Waals surface area contributed by atoms with Crippen molar-refractivity contribution in [1.82, 2.24) is 19.7 Å². The van der Waals surface area contributed by atoms with Gasteiger partial charge in [-0.3, -0.25) is 4.79 Å². The predicted molar refractivity (Wildman–Crippen MR) is 97.9 cm³/mol. The molecule has 6 heteroatoms. The summed E-state index contributed by atoms with van der Waals surface area (Å²) in [6, 6.07) is 2.14. The van der Waals surface area contributed by atoms with Gasteiger partial charge < -0.3 is 9.64 Å². The van der Waals surface area contributed by atoms with Crippen LogP contribution in [0.25, 0.3) is 11.0 Å². The first-order chi connectivity index (χ1) is 11.9. The molecule has 0 bridgehead atoms. The minimum atomic E-state index is 0.0550. The van der Waals surface area contributed by atoms with Gasteiger partial charge in [0.25, 0.3) is 5.91 Å². The summed E-state index contributed by atoms with van der Waals surface area (Å²) in [6.07, 6.45) is 2.81. The lowest BCUT2D eigenvalue weighted by atomic mass is 10.0. The molecule has 1 atom stereocenters. The van der Waals surface area contributed by atoms with Crippen LogP contribution in [0.4, 0.5) is 0 Å². The Kier molecular flexibility index (Phi) is 5.08. The van der Waals surface area contributed by atoms with Crippen LogP contribution < -0.4 is 0 Å². The van der Waals surface area contributed by atoms with E-state index in [1.54, 1.807) is 6.20 Å². The van der Waals surface area contributed by atoms with E-state index in [0.717, 1.165) is 23.1 Å². The van der Waals surface area contributed by atoms with Crippen molar-refractivity contribution in [1.29, 1.82) is 0 Å². The molecule has 1 aliphatic rings. The Balaban J connectivity index is 2.06. The molecular weight excluding hydrogens is 316 g/mol. The zero-order chi connectivity index (χ0) is 18.1. The van der Waals surface area contributed by atoms with Crippen LogP contribution in [0.2, 0.25) is 0 Å². The number of pyridine rings is 1. The summed E-state index contributed by atoms with van der Waals surface area (Å²) in [5.41, 5.74) is 2.43. The molecule has 1 saturated heterocycles. The second-order valence-electron chi connectivity index (χ2n) is 7.32. The first-order valence-corrected chi connectivity index (χ1v) is 9.21. The van der Waals surface area contributed by atoms with Crippen molar-refractivity contribution >= 4 is 16.9 Å². The highest BCUT2D eigenvalue weighted by molar-refractivity contribution is 6.05. The number of ether oxygens (including phenoxy) is 1. The molecule has 0 saturated carbocycles. The predicted octanol–water partition coefficient (Wildman–Crippen LogP) is 3.39. The van der Waals surface area contributed by atoms with Crippen LogP contribution in [-0.4, -0.2) is 51.4 Å². The normalized spacial score (nSPS) is 18.5. The molecule has 0 N–H and O–H groups in total. The quantitative estimate of drug-likeness (QED) is 0.853. The largest absolute Gasteiger partial charge is 0.375 e. The van der Waals surface area contributed by atoms with Crippen molar-refractivity contribution in [2.24, 2.45) is 0 Å². The molecule has 0 spiro atoms. The standard InChI is InChI=1S/C19H28N4O2/c1-6-14-11-22(7-8-25-14)19(24)15-9-17(12(2)3)21-18-16(15)10-20-23(18)13(4)5/h9-10,12-14H,6-8,11H2,1-5H3. The molecule has 1 aliphatic heterocycles. The van der Waals surface area contributed by atoms with Crippen molar-refractivity contribution in [3.05, 3.63) is 23.5 Å². The van der Waals surface area contributed by atoms with Gasteiger partial charge >= 0.3 is 0 Å². The van der Waals surface area contributed by atoms with E-state index in [0.29, 0.717) is 25.3 Å². The van der Waals surface area contributed by atoms with E-state index in [1.807, 2.05) is 15.6 Å². The summed E-state index contributed by atoms with van der Waals surface area (Å²) in [6.45, 7) is 12.3. The Morgan fingerprint density at radius 3 is 2.76 bits per heavy atom. The minimum Gasteiger partial charge on any atom is -0.375 e. The number of hydrogen-bond donors (Lipinski definition) is 0. The van der Waals surface area contributed by atoms with Gasteiger partial charge in [-0.15, -0.1) is 0 Å². The lowest BCUT2D eigenvalue weighted by Gasteiger charge is -2.32. The van der Waals surface area contributed by atoms with E-state index in [2.05, 4.69) is 39.7 Å². The molecule has 1 unspecified atom stereocenters. The summed E-state index contributed by atoms with van der Waals surface area (Å²) in [4.78, 5) is 19.9. The van der Waals surface area contributed by atoms with Crippen LogP contribution >= 0.6 is 0 Å². The fraction of sp³-hybridized carbons (Fsp3) is 0.632. The highest BCUT2D eigenvalue weighted by atomic mass is 16.5. The van der Waals surface area contributed by atoms with E-state index in [9.17, 15) is 4.79 Å². The molecule has 3 heterocycles. The number of morpholine rings is 1. The topological polar surface area (TPSA) is 60.2 Å². The van der Waals surface area contributed by atoms with Gasteiger partial charge in [-0.2, -0.15) is 5.10 Å².